The van der Waals surface area contributed by atoms with Crippen LogP contribution in [0.15, 0.2) is 42.9 Å². The fraction of sp³-hybridized carbons (Fsp3) is 0.143. The summed E-state index contributed by atoms with van der Waals surface area (Å²) < 4.78 is 6.73. The van der Waals surface area contributed by atoms with E-state index in [0.29, 0.717) is 29.2 Å². The average molecular weight is 268 g/mol. The molecule has 0 amide bonds. The third-order valence-corrected chi connectivity index (χ3v) is 2.80. The molecule has 0 aliphatic rings. The summed E-state index contributed by atoms with van der Waals surface area (Å²) in [5, 5.41) is 4.38. The Balaban J connectivity index is 2.25. The Hall–Kier alpha value is -2.76. The largest absolute Gasteiger partial charge is 0.462 e. The number of carbonyl (C=O) groups is 1. The van der Waals surface area contributed by atoms with E-state index >= 15 is 0 Å². The fourth-order valence-electron chi connectivity index (χ4n) is 1.98. The van der Waals surface area contributed by atoms with Gasteiger partial charge in [0.05, 0.1) is 12.1 Å². The van der Waals surface area contributed by atoms with Crippen LogP contribution in [0.5, 0.6) is 0 Å². The lowest BCUT2D eigenvalue weighted by molar-refractivity contribution is 0.0529. The maximum Gasteiger partial charge on any atom is 0.342 e. The predicted octanol–water partition coefficient (Wildman–Crippen LogP) is 1.97. The van der Waals surface area contributed by atoms with Crippen molar-refractivity contribution in [3.8, 4) is 11.5 Å². The highest BCUT2D eigenvalue weighted by Gasteiger charge is 2.23. The van der Waals surface area contributed by atoms with Gasteiger partial charge in [0.25, 0.3) is 0 Å². The summed E-state index contributed by atoms with van der Waals surface area (Å²) >= 11 is 0. The summed E-state index contributed by atoms with van der Waals surface area (Å²) in [6.45, 7) is 2.07. The van der Waals surface area contributed by atoms with Crippen molar-refractivity contribution < 1.29 is 9.53 Å². The summed E-state index contributed by atoms with van der Waals surface area (Å²) in [7, 11) is 0. The molecule has 0 saturated heterocycles. The molecule has 0 fully saturated rings. The highest BCUT2D eigenvalue weighted by molar-refractivity contribution is 6.02. The van der Waals surface area contributed by atoms with Crippen molar-refractivity contribution in [2.24, 2.45) is 0 Å². The van der Waals surface area contributed by atoms with Crippen molar-refractivity contribution in [3.63, 3.8) is 0 Å². The van der Waals surface area contributed by atoms with Crippen LogP contribution in [0, 0.1) is 0 Å². The van der Waals surface area contributed by atoms with Crippen LogP contribution < -0.4 is 0 Å². The molecule has 20 heavy (non-hydrogen) atoms. The molecule has 3 heterocycles. The van der Waals surface area contributed by atoms with Crippen LogP contribution in [-0.4, -0.2) is 32.2 Å². The van der Waals surface area contributed by atoms with Crippen LogP contribution in [0.4, 0.5) is 0 Å². The van der Waals surface area contributed by atoms with Crippen molar-refractivity contribution in [1.29, 1.82) is 0 Å². The zero-order valence-corrected chi connectivity index (χ0v) is 10.9. The summed E-state index contributed by atoms with van der Waals surface area (Å²) in [5.74, 6) is -0.0181. The van der Waals surface area contributed by atoms with Crippen LogP contribution in [0.2, 0.25) is 0 Å². The maximum atomic E-state index is 12.2. The van der Waals surface area contributed by atoms with Crippen LogP contribution >= 0.6 is 0 Å². The summed E-state index contributed by atoms with van der Waals surface area (Å²) in [6, 6.07) is 7.20. The predicted molar refractivity (Wildman–Crippen MR) is 72.2 cm³/mol. The highest BCUT2D eigenvalue weighted by Crippen LogP contribution is 2.24. The van der Waals surface area contributed by atoms with E-state index in [1.807, 2.05) is 18.2 Å². The lowest BCUT2D eigenvalue weighted by atomic mass is 10.2. The minimum Gasteiger partial charge on any atom is -0.462 e. The molecule has 0 aliphatic carbocycles. The van der Waals surface area contributed by atoms with Gasteiger partial charge in [0, 0.05) is 18.6 Å². The molecule has 6 heteroatoms. The van der Waals surface area contributed by atoms with Gasteiger partial charge in [-0.3, -0.25) is 0 Å². The zero-order valence-electron chi connectivity index (χ0n) is 10.9. The summed E-state index contributed by atoms with van der Waals surface area (Å²) in [5.41, 5.74) is 1.49. The second-order valence-electron chi connectivity index (χ2n) is 4.05. The van der Waals surface area contributed by atoms with E-state index in [1.165, 1.54) is 0 Å². The molecule has 3 rings (SSSR count). The molecule has 0 saturated carbocycles. The molecule has 0 N–H and O–H groups in total. The minimum atomic E-state index is -0.420. The van der Waals surface area contributed by atoms with Crippen molar-refractivity contribution in [3.05, 3.63) is 48.4 Å². The van der Waals surface area contributed by atoms with Crippen molar-refractivity contribution in [2.75, 3.05) is 6.61 Å². The summed E-state index contributed by atoms with van der Waals surface area (Å²) in [6.07, 6.45) is 4.99. The number of esters is 1. The number of rotatable bonds is 3. The lowest BCUT2D eigenvalue weighted by Gasteiger charge is -2.02. The quantitative estimate of drug-likeness (QED) is 0.679. The van der Waals surface area contributed by atoms with Gasteiger partial charge in [0.2, 0.25) is 0 Å². The van der Waals surface area contributed by atoms with Gasteiger partial charge in [-0.25, -0.2) is 19.3 Å². The smallest absolute Gasteiger partial charge is 0.342 e. The van der Waals surface area contributed by atoms with Gasteiger partial charge in [0.15, 0.2) is 5.82 Å². The summed E-state index contributed by atoms with van der Waals surface area (Å²) in [4.78, 5) is 20.5. The molecule has 3 aromatic heterocycles. The first-order valence-electron chi connectivity index (χ1n) is 6.23. The second kappa shape index (κ2) is 5.08. The van der Waals surface area contributed by atoms with Crippen LogP contribution in [0.25, 0.3) is 17.0 Å². The van der Waals surface area contributed by atoms with Crippen molar-refractivity contribution >= 4 is 11.5 Å². The number of fused-ring (bicyclic) bond motifs is 1. The maximum absolute atomic E-state index is 12.2. The van der Waals surface area contributed by atoms with Crippen LogP contribution in [0.3, 0.4) is 0 Å². The Morgan fingerprint density at radius 1 is 1.25 bits per heavy atom. The number of hydrogen-bond acceptors (Lipinski definition) is 5. The Morgan fingerprint density at radius 3 is 2.80 bits per heavy atom. The lowest BCUT2D eigenvalue weighted by Crippen LogP contribution is -2.06. The molecule has 0 unspecified atom stereocenters. The third kappa shape index (κ3) is 2.01. The molecule has 0 radical (unpaired) electrons. The normalized spacial score (nSPS) is 10.7. The zero-order chi connectivity index (χ0) is 13.9. The first-order valence-corrected chi connectivity index (χ1v) is 6.23. The Labute approximate surface area is 115 Å². The molecule has 0 spiro atoms. The van der Waals surface area contributed by atoms with Gasteiger partial charge in [-0.05, 0) is 25.1 Å². The van der Waals surface area contributed by atoms with Crippen LogP contribution in [-0.2, 0) is 4.74 Å². The van der Waals surface area contributed by atoms with Crippen LogP contribution in [0.1, 0.15) is 17.3 Å². The molecule has 0 atom stereocenters. The van der Waals surface area contributed by atoms with E-state index in [0.717, 1.165) is 0 Å². The standard InChI is InChI=1S/C14H12N4O2/c1-2-20-14(19)11-10-6-3-4-9-18(10)17-12(11)13-15-7-5-8-16-13/h3-9H,2H2,1H3. The van der Waals surface area contributed by atoms with Crippen molar-refractivity contribution in [2.45, 2.75) is 6.92 Å². The number of nitrogens with zero attached hydrogens (tertiary/aromatic N) is 4. The molecule has 100 valence electrons. The Kier molecular flexibility index (Phi) is 3.12. The first kappa shape index (κ1) is 12.3. The van der Waals surface area contributed by atoms with Gasteiger partial charge in [0.1, 0.15) is 11.3 Å². The number of pyridine rings is 1. The van der Waals surface area contributed by atoms with E-state index in [2.05, 4.69) is 15.1 Å². The monoisotopic (exact) mass is 268 g/mol. The molecular formula is C14H12N4O2. The number of carbonyl (C=O) groups excluding carboxylic acids is 1. The van der Waals surface area contributed by atoms with E-state index < -0.39 is 5.97 Å². The number of aromatic nitrogens is 4. The topological polar surface area (TPSA) is 69.4 Å². The number of ether oxygens (including phenoxy) is 1. The molecule has 0 bridgehead atoms. The van der Waals surface area contributed by atoms with E-state index in [-0.39, 0.29) is 0 Å². The highest BCUT2D eigenvalue weighted by atomic mass is 16.5. The molecule has 3 aromatic rings. The fourth-order valence-corrected chi connectivity index (χ4v) is 1.98. The first-order chi connectivity index (χ1) is 9.81. The van der Waals surface area contributed by atoms with E-state index in [9.17, 15) is 4.79 Å². The van der Waals surface area contributed by atoms with Crippen molar-refractivity contribution in [1.82, 2.24) is 19.6 Å². The Bertz CT molecular complexity index is 752. The molecule has 0 aromatic carbocycles. The van der Waals surface area contributed by atoms with Gasteiger partial charge >= 0.3 is 5.97 Å². The molecule has 6 nitrogen and oxygen atoms in total. The SMILES string of the molecule is CCOC(=O)c1c(-c2ncccn2)nn2ccccc12. The van der Waals surface area contributed by atoms with E-state index in [4.69, 9.17) is 4.74 Å². The Morgan fingerprint density at radius 2 is 2.05 bits per heavy atom. The molecule has 0 aliphatic heterocycles. The minimum absolute atomic E-state index is 0.304. The van der Waals surface area contributed by atoms with Gasteiger partial charge in [-0.2, -0.15) is 5.10 Å². The third-order valence-electron chi connectivity index (χ3n) is 2.80. The molecular weight excluding hydrogens is 256 g/mol. The van der Waals surface area contributed by atoms with E-state index in [1.54, 1.807) is 36.1 Å². The average Bonchev–Trinajstić information content (AvgIpc) is 2.88. The van der Waals surface area contributed by atoms with Gasteiger partial charge in [-0.15, -0.1) is 0 Å². The number of hydrogen-bond donors (Lipinski definition) is 0. The van der Waals surface area contributed by atoms with Gasteiger partial charge < -0.3 is 4.74 Å². The second-order valence-corrected chi connectivity index (χ2v) is 4.05. The van der Waals surface area contributed by atoms with Gasteiger partial charge in [-0.1, -0.05) is 6.07 Å².